The second kappa shape index (κ2) is 6.47. The topological polar surface area (TPSA) is 78.7 Å². The highest BCUT2D eigenvalue weighted by Gasteiger charge is 2.08. The number of rotatable bonds is 6. The Morgan fingerprint density at radius 3 is 2.88 bits per heavy atom. The van der Waals surface area contributed by atoms with Crippen molar-refractivity contribution in [2.45, 2.75) is 13.3 Å². The fourth-order valence-corrected chi connectivity index (χ4v) is 1.09. The third kappa shape index (κ3) is 4.50. The molecule has 0 atom stereocenters. The molecular weight excluding hydrogens is 226 g/mol. The molecule has 0 amide bonds. The molecule has 0 N–H and O–H groups in total. The summed E-state index contributed by atoms with van der Waals surface area (Å²) in [4.78, 5) is 21.1. The summed E-state index contributed by atoms with van der Waals surface area (Å²) in [6, 6.07) is 5.64. The first-order valence-corrected chi connectivity index (χ1v) is 5.16. The van der Waals surface area contributed by atoms with E-state index in [4.69, 9.17) is 9.47 Å². The smallest absolute Gasteiger partial charge is 0.344 e. The second-order valence-electron chi connectivity index (χ2n) is 3.26. The average Bonchev–Trinajstić information content (AvgIpc) is 2.34. The fourth-order valence-electron chi connectivity index (χ4n) is 1.09. The Morgan fingerprint density at radius 2 is 2.24 bits per heavy atom. The lowest BCUT2D eigenvalue weighted by molar-refractivity contribution is -0.384. The van der Waals surface area contributed by atoms with Crippen LogP contribution in [0.25, 0.3) is 0 Å². The minimum absolute atomic E-state index is 0.0792. The molecule has 0 aliphatic carbocycles. The molecule has 0 aliphatic rings. The van der Waals surface area contributed by atoms with Gasteiger partial charge in [-0.25, -0.2) is 4.79 Å². The van der Waals surface area contributed by atoms with Crippen LogP contribution in [0.15, 0.2) is 24.3 Å². The van der Waals surface area contributed by atoms with E-state index in [2.05, 4.69) is 0 Å². The van der Waals surface area contributed by atoms with Gasteiger partial charge in [-0.3, -0.25) is 10.1 Å². The number of ether oxygens (including phenoxy) is 2. The van der Waals surface area contributed by atoms with Crippen LogP contribution in [-0.2, 0) is 9.53 Å². The fraction of sp³-hybridized carbons (Fsp3) is 0.364. The van der Waals surface area contributed by atoms with Gasteiger partial charge in [0.05, 0.1) is 17.6 Å². The summed E-state index contributed by atoms with van der Waals surface area (Å²) < 4.78 is 9.87. The number of benzene rings is 1. The number of nitrogens with zero attached hydrogens (tertiary/aromatic N) is 1. The second-order valence-corrected chi connectivity index (χ2v) is 3.26. The summed E-state index contributed by atoms with van der Waals surface area (Å²) in [6.07, 6.45) is 0.739. The Balaban J connectivity index is 2.49. The van der Waals surface area contributed by atoms with Gasteiger partial charge in [-0.1, -0.05) is 13.0 Å². The van der Waals surface area contributed by atoms with Gasteiger partial charge in [0.25, 0.3) is 5.69 Å². The highest BCUT2D eigenvalue weighted by molar-refractivity contribution is 5.71. The molecule has 92 valence electrons. The Hall–Kier alpha value is -2.11. The Bertz CT molecular complexity index is 405. The molecule has 0 aromatic heterocycles. The lowest BCUT2D eigenvalue weighted by atomic mass is 10.3. The monoisotopic (exact) mass is 239 g/mol. The number of nitro benzene ring substituents is 1. The van der Waals surface area contributed by atoms with Crippen LogP contribution in [0, 0.1) is 10.1 Å². The molecule has 0 unspecified atom stereocenters. The average molecular weight is 239 g/mol. The lowest BCUT2D eigenvalue weighted by Gasteiger charge is -2.05. The minimum atomic E-state index is -0.526. The Morgan fingerprint density at radius 1 is 1.47 bits per heavy atom. The number of hydrogen-bond acceptors (Lipinski definition) is 5. The predicted molar refractivity (Wildman–Crippen MR) is 59.8 cm³/mol. The molecule has 0 saturated heterocycles. The van der Waals surface area contributed by atoms with E-state index in [9.17, 15) is 14.9 Å². The molecule has 1 aromatic carbocycles. The maximum absolute atomic E-state index is 11.1. The van der Waals surface area contributed by atoms with E-state index >= 15 is 0 Å². The van der Waals surface area contributed by atoms with Crippen molar-refractivity contribution in [3.63, 3.8) is 0 Å². The largest absolute Gasteiger partial charge is 0.482 e. The van der Waals surface area contributed by atoms with Gasteiger partial charge < -0.3 is 9.47 Å². The van der Waals surface area contributed by atoms with Crippen LogP contribution in [-0.4, -0.2) is 24.1 Å². The number of nitro groups is 1. The first-order chi connectivity index (χ1) is 8.13. The van der Waals surface area contributed by atoms with E-state index < -0.39 is 10.9 Å². The van der Waals surface area contributed by atoms with E-state index in [1.165, 1.54) is 18.2 Å². The molecule has 0 heterocycles. The minimum Gasteiger partial charge on any atom is -0.482 e. The molecule has 6 nitrogen and oxygen atoms in total. The summed E-state index contributed by atoms with van der Waals surface area (Å²) in [6.45, 7) is 1.98. The van der Waals surface area contributed by atoms with Crippen LogP contribution in [0.4, 0.5) is 5.69 Å². The number of carbonyl (C=O) groups is 1. The summed E-state index contributed by atoms with van der Waals surface area (Å²) in [5.41, 5.74) is -0.0792. The molecular formula is C11H13NO5. The molecule has 0 fully saturated rings. The van der Waals surface area contributed by atoms with Crippen LogP contribution >= 0.6 is 0 Å². The summed E-state index contributed by atoms with van der Waals surface area (Å²) in [5.74, 6) is -0.217. The predicted octanol–water partition coefficient (Wildman–Crippen LogP) is 1.93. The maximum Gasteiger partial charge on any atom is 0.344 e. The standard InChI is InChI=1S/C11H13NO5/c1-2-6-16-11(13)8-17-10-5-3-4-9(7-10)12(14)15/h3-5,7H,2,6,8H2,1H3. The third-order valence-corrected chi connectivity index (χ3v) is 1.85. The Kier molecular flexibility index (Phi) is 4.93. The molecule has 6 heteroatoms. The zero-order valence-electron chi connectivity index (χ0n) is 9.42. The van der Waals surface area contributed by atoms with Crippen molar-refractivity contribution in [2.75, 3.05) is 13.2 Å². The van der Waals surface area contributed by atoms with Crippen molar-refractivity contribution >= 4 is 11.7 Å². The van der Waals surface area contributed by atoms with Gasteiger partial charge in [-0.2, -0.15) is 0 Å². The molecule has 0 spiro atoms. The van der Waals surface area contributed by atoms with Gasteiger partial charge in [0.1, 0.15) is 5.75 Å². The molecule has 1 aromatic rings. The first-order valence-electron chi connectivity index (χ1n) is 5.16. The lowest BCUT2D eigenvalue weighted by Crippen LogP contribution is -2.15. The van der Waals surface area contributed by atoms with E-state index in [1.807, 2.05) is 6.92 Å². The first kappa shape index (κ1) is 13.0. The zero-order valence-corrected chi connectivity index (χ0v) is 9.42. The van der Waals surface area contributed by atoms with Crippen molar-refractivity contribution in [3.8, 4) is 5.75 Å². The van der Waals surface area contributed by atoms with Crippen LogP contribution in [0.2, 0.25) is 0 Å². The molecule has 0 saturated carbocycles. The van der Waals surface area contributed by atoms with Crippen LogP contribution in [0.5, 0.6) is 5.75 Å². The van der Waals surface area contributed by atoms with Crippen molar-refractivity contribution in [2.24, 2.45) is 0 Å². The van der Waals surface area contributed by atoms with E-state index in [1.54, 1.807) is 6.07 Å². The van der Waals surface area contributed by atoms with Crippen molar-refractivity contribution in [1.82, 2.24) is 0 Å². The van der Waals surface area contributed by atoms with E-state index in [0.29, 0.717) is 6.61 Å². The van der Waals surface area contributed by atoms with Gasteiger partial charge in [0.15, 0.2) is 6.61 Å². The Labute approximate surface area is 98.3 Å². The zero-order chi connectivity index (χ0) is 12.7. The molecule has 17 heavy (non-hydrogen) atoms. The summed E-state index contributed by atoms with van der Waals surface area (Å²) >= 11 is 0. The number of carbonyl (C=O) groups excluding carboxylic acids is 1. The van der Waals surface area contributed by atoms with E-state index in [-0.39, 0.29) is 18.0 Å². The molecule has 0 radical (unpaired) electrons. The van der Waals surface area contributed by atoms with Crippen LogP contribution in [0.1, 0.15) is 13.3 Å². The molecule has 1 rings (SSSR count). The van der Waals surface area contributed by atoms with Crippen LogP contribution in [0.3, 0.4) is 0 Å². The highest BCUT2D eigenvalue weighted by Crippen LogP contribution is 2.18. The molecule has 0 bridgehead atoms. The third-order valence-electron chi connectivity index (χ3n) is 1.85. The molecule has 0 aliphatic heterocycles. The number of hydrogen-bond donors (Lipinski definition) is 0. The van der Waals surface area contributed by atoms with Crippen molar-refractivity contribution in [1.29, 1.82) is 0 Å². The van der Waals surface area contributed by atoms with Gasteiger partial charge >= 0.3 is 5.97 Å². The van der Waals surface area contributed by atoms with Crippen LogP contribution < -0.4 is 4.74 Å². The SMILES string of the molecule is CCCOC(=O)COc1cccc([N+](=O)[O-])c1. The van der Waals surface area contributed by atoms with Crippen molar-refractivity contribution < 1.29 is 19.2 Å². The van der Waals surface area contributed by atoms with Gasteiger partial charge in [0.2, 0.25) is 0 Å². The summed E-state index contributed by atoms with van der Waals surface area (Å²) in [7, 11) is 0. The van der Waals surface area contributed by atoms with Crippen molar-refractivity contribution in [3.05, 3.63) is 34.4 Å². The van der Waals surface area contributed by atoms with E-state index in [0.717, 1.165) is 6.42 Å². The summed E-state index contributed by atoms with van der Waals surface area (Å²) in [5, 5.41) is 10.5. The quantitative estimate of drug-likeness (QED) is 0.430. The maximum atomic E-state index is 11.1. The number of non-ortho nitro benzene ring substituents is 1. The normalized spacial score (nSPS) is 9.71. The number of esters is 1. The van der Waals surface area contributed by atoms with Gasteiger partial charge in [-0.15, -0.1) is 0 Å². The highest BCUT2D eigenvalue weighted by atomic mass is 16.6. The van der Waals surface area contributed by atoms with Gasteiger partial charge in [0, 0.05) is 6.07 Å². The van der Waals surface area contributed by atoms with Gasteiger partial charge in [-0.05, 0) is 12.5 Å².